The fourth-order valence-corrected chi connectivity index (χ4v) is 3.17. The van der Waals surface area contributed by atoms with Gasteiger partial charge in [-0.1, -0.05) is 68.9 Å². The fourth-order valence-electron chi connectivity index (χ4n) is 2.21. The summed E-state index contributed by atoms with van der Waals surface area (Å²) in [7, 11) is 1.27. The van der Waals surface area contributed by atoms with E-state index in [2.05, 4.69) is 31.9 Å². The molecule has 2 rings (SSSR count). The van der Waals surface area contributed by atoms with Crippen molar-refractivity contribution in [3.05, 3.63) is 64.1 Å². The van der Waals surface area contributed by atoms with Gasteiger partial charge in [0.25, 0.3) is 5.91 Å². The van der Waals surface area contributed by atoms with E-state index in [-0.39, 0.29) is 10.7 Å². The molecule has 1 unspecified atom stereocenters. The molecule has 11 heteroatoms. The first kappa shape index (κ1) is 23.7. The lowest BCUT2D eigenvalue weighted by Gasteiger charge is -2.28. The van der Waals surface area contributed by atoms with Crippen LogP contribution >= 0.6 is 63.0 Å². The van der Waals surface area contributed by atoms with Gasteiger partial charge < -0.3 is 20.7 Å². The van der Waals surface area contributed by atoms with Crippen molar-refractivity contribution in [3.8, 4) is 0 Å². The number of methoxy groups -OCH3 is 1. The van der Waals surface area contributed by atoms with Gasteiger partial charge in [-0.3, -0.25) is 4.79 Å². The van der Waals surface area contributed by atoms with Gasteiger partial charge in [-0.05, 0) is 42.5 Å². The Bertz CT molecular complexity index is 924. The molecule has 1 atom stereocenters. The van der Waals surface area contributed by atoms with Gasteiger partial charge in [0.05, 0.1) is 18.4 Å². The van der Waals surface area contributed by atoms with E-state index in [9.17, 15) is 9.59 Å². The number of anilines is 1. The molecule has 0 spiro atoms. The molecular weight excluding hydrogens is 525 g/mol. The standard InChI is InChI=1S/C18H15BrCl3N3O3S/c1-28-15(27)12-7-2-3-8-13(12)23-17(29)25-16(18(20,21)22)24-14(26)10-5-4-6-11(19)9-10/h2-9,16H,1H3,(H,24,26)(H2,23,25,29). The number of alkyl halides is 3. The lowest BCUT2D eigenvalue weighted by molar-refractivity contribution is 0.0601. The molecule has 0 aliphatic heterocycles. The first-order valence-electron chi connectivity index (χ1n) is 8.00. The van der Waals surface area contributed by atoms with Crippen LogP contribution < -0.4 is 16.0 Å². The van der Waals surface area contributed by atoms with Crippen LogP contribution in [0.15, 0.2) is 53.0 Å². The normalized spacial score (nSPS) is 11.9. The SMILES string of the molecule is COC(=O)c1ccccc1NC(=S)NC(NC(=O)c1cccc(Br)c1)C(Cl)(Cl)Cl. The van der Waals surface area contributed by atoms with Gasteiger partial charge in [-0.15, -0.1) is 0 Å². The predicted molar refractivity (Wildman–Crippen MR) is 123 cm³/mol. The number of ether oxygens (including phenoxy) is 1. The minimum absolute atomic E-state index is 0.0206. The third kappa shape index (κ3) is 7.01. The molecule has 0 radical (unpaired) electrons. The molecular formula is C18H15BrCl3N3O3S. The lowest BCUT2D eigenvalue weighted by atomic mass is 10.2. The van der Waals surface area contributed by atoms with Gasteiger partial charge in [0.15, 0.2) is 5.11 Å². The van der Waals surface area contributed by atoms with Crippen LogP contribution in [0.25, 0.3) is 0 Å². The van der Waals surface area contributed by atoms with Crippen LogP contribution in [-0.4, -0.2) is 34.1 Å². The third-order valence-electron chi connectivity index (χ3n) is 3.55. The summed E-state index contributed by atoms with van der Waals surface area (Å²) < 4.78 is 3.54. The Morgan fingerprint density at radius 2 is 1.79 bits per heavy atom. The average molecular weight is 540 g/mol. The van der Waals surface area contributed by atoms with E-state index in [1.54, 1.807) is 48.5 Å². The van der Waals surface area contributed by atoms with Crippen LogP contribution in [0, 0.1) is 0 Å². The molecule has 0 aromatic heterocycles. The molecule has 0 saturated heterocycles. The number of esters is 1. The van der Waals surface area contributed by atoms with E-state index < -0.39 is 21.8 Å². The molecule has 6 nitrogen and oxygen atoms in total. The molecule has 0 aliphatic carbocycles. The summed E-state index contributed by atoms with van der Waals surface area (Å²) in [6, 6.07) is 13.3. The minimum atomic E-state index is -1.92. The molecule has 0 heterocycles. The Morgan fingerprint density at radius 1 is 1.10 bits per heavy atom. The van der Waals surface area contributed by atoms with Crippen molar-refractivity contribution in [2.45, 2.75) is 9.96 Å². The summed E-state index contributed by atoms with van der Waals surface area (Å²) in [6.45, 7) is 0. The van der Waals surface area contributed by atoms with E-state index in [4.69, 9.17) is 51.8 Å². The van der Waals surface area contributed by atoms with Crippen LogP contribution in [0.3, 0.4) is 0 Å². The first-order chi connectivity index (χ1) is 13.6. The largest absolute Gasteiger partial charge is 0.465 e. The number of carbonyl (C=O) groups excluding carboxylic acids is 2. The predicted octanol–water partition coefficient (Wildman–Crippen LogP) is 4.65. The second kappa shape index (κ2) is 10.4. The van der Waals surface area contributed by atoms with Crippen LogP contribution in [-0.2, 0) is 4.74 Å². The van der Waals surface area contributed by atoms with Gasteiger partial charge in [-0.25, -0.2) is 4.79 Å². The zero-order chi connectivity index (χ0) is 21.6. The van der Waals surface area contributed by atoms with E-state index in [1.165, 1.54) is 7.11 Å². The van der Waals surface area contributed by atoms with E-state index in [0.717, 1.165) is 4.47 Å². The smallest absolute Gasteiger partial charge is 0.339 e. The molecule has 29 heavy (non-hydrogen) atoms. The average Bonchev–Trinajstić information content (AvgIpc) is 2.66. The molecule has 0 saturated carbocycles. The Labute approximate surface area is 196 Å². The Kier molecular flexibility index (Phi) is 8.54. The molecule has 0 fully saturated rings. The van der Waals surface area contributed by atoms with Gasteiger partial charge >= 0.3 is 5.97 Å². The highest BCUT2D eigenvalue weighted by Crippen LogP contribution is 2.29. The minimum Gasteiger partial charge on any atom is -0.465 e. The number of benzene rings is 2. The van der Waals surface area contributed by atoms with Gasteiger partial charge in [0.2, 0.25) is 3.79 Å². The second-order valence-corrected chi connectivity index (χ2v) is 9.29. The lowest BCUT2D eigenvalue weighted by Crippen LogP contribution is -2.56. The van der Waals surface area contributed by atoms with Crippen molar-refractivity contribution in [2.75, 3.05) is 12.4 Å². The Morgan fingerprint density at radius 3 is 2.41 bits per heavy atom. The molecule has 2 aromatic rings. The van der Waals surface area contributed by atoms with Crippen molar-refractivity contribution in [3.63, 3.8) is 0 Å². The zero-order valence-electron chi connectivity index (χ0n) is 14.8. The summed E-state index contributed by atoms with van der Waals surface area (Å²) in [5.74, 6) is -1.02. The van der Waals surface area contributed by atoms with Gasteiger partial charge in [0.1, 0.15) is 6.17 Å². The third-order valence-corrected chi connectivity index (χ3v) is 4.91. The molecule has 0 aliphatic rings. The van der Waals surface area contributed by atoms with Gasteiger partial charge in [0, 0.05) is 10.0 Å². The Balaban J connectivity index is 2.14. The van der Waals surface area contributed by atoms with Crippen molar-refractivity contribution < 1.29 is 14.3 Å². The summed E-state index contributed by atoms with van der Waals surface area (Å²) in [5, 5.41) is 8.17. The summed E-state index contributed by atoms with van der Waals surface area (Å²) >= 11 is 26.5. The number of hydrogen-bond acceptors (Lipinski definition) is 4. The summed E-state index contributed by atoms with van der Waals surface area (Å²) in [4.78, 5) is 24.4. The fraction of sp³-hybridized carbons (Fsp3) is 0.167. The number of amides is 1. The molecule has 2 aromatic carbocycles. The number of rotatable bonds is 5. The molecule has 154 valence electrons. The molecule has 1 amide bonds. The van der Waals surface area contributed by atoms with Crippen molar-refractivity contribution in [1.29, 1.82) is 0 Å². The van der Waals surface area contributed by atoms with Crippen LogP contribution in [0.5, 0.6) is 0 Å². The number of nitrogens with one attached hydrogen (secondary N) is 3. The van der Waals surface area contributed by atoms with Crippen molar-refractivity contribution >= 4 is 85.6 Å². The van der Waals surface area contributed by atoms with E-state index in [0.29, 0.717) is 11.3 Å². The number of thiocarbonyl (C=S) groups is 1. The maximum atomic E-state index is 12.5. The van der Waals surface area contributed by atoms with E-state index >= 15 is 0 Å². The highest BCUT2D eigenvalue weighted by atomic mass is 79.9. The van der Waals surface area contributed by atoms with E-state index in [1.807, 2.05) is 0 Å². The topological polar surface area (TPSA) is 79.5 Å². The number of para-hydroxylation sites is 1. The summed E-state index contributed by atoms with van der Waals surface area (Å²) in [6.07, 6.45) is -1.16. The number of carbonyl (C=O) groups is 2. The van der Waals surface area contributed by atoms with Gasteiger partial charge in [-0.2, -0.15) is 0 Å². The zero-order valence-corrected chi connectivity index (χ0v) is 19.5. The van der Waals surface area contributed by atoms with Crippen LogP contribution in [0.1, 0.15) is 20.7 Å². The van der Waals surface area contributed by atoms with Crippen LogP contribution in [0.4, 0.5) is 5.69 Å². The maximum Gasteiger partial charge on any atom is 0.339 e. The monoisotopic (exact) mass is 537 g/mol. The first-order valence-corrected chi connectivity index (χ1v) is 10.3. The summed E-state index contributed by atoms with van der Waals surface area (Å²) in [5.41, 5.74) is 1.01. The maximum absolute atomic E-state index is 12.5. The molecule has 0 bridgehead atoms. The number of hydrogen-bond donors (Lipinski definition) is 3. The quantitative estimate of drug-likeness (QED) is 0.222. The van der Waals surface area contributed by atoms with Crippen molar-refractivity contribution in [1.82, 2.24) is 10.6 Å². The molecule has 3 N–H and O–H groups in total. The Hall–Kier alpha value is -1.58. The highest BCUT2D eigenvalue weighted by molar-refractivity contribution is 9.10. The van der Waals surface area contributed by atoms with Crippen molar-refractivity contribution in [2.24, 2.45) is 0 Å². The number of halogens is 4. The highest BCUT2D eigenvalue weighted by Gasteiger charge is 2.35. The second-order valence-electron chi connectivity index (χ2n) is 5.59. The van der Waals surface area contributed by atoms with Crippen LogP contribution in [0.2, 0.25) is 0 Å².